The number of allylic oxidation sites excluding steroid dienone is 1. The molecule has 156 valence electrons. The Morgan fingerprint density at radius 3 is 2.81 bits per heavy atom. The van der Waals surface area contributed by atoms with Crippen molar-refractivity contribution in [2.45, 2.75) is 96.1 Å². The summed E-state index contributed by atoms with van der Waals surface area (Å²) in [6.07, 6.45) is 9.59. The number of halogens is 1. The molecule has 1 saturated heterocycles. The highest BCUT2D eigenvalue weighted by Gasteiger charge is 2.53. The first-order valence-electron chi connectivity index (χ1n) is 10.7. The summed E-state index contributed by atoms with van der Waals surface area (Å²) in [5.74, 6) is 0.181. The zero-order valence-electron chi connectivity index (χ0n) is 17.1. The fourth-order valence-corrected chi connectivity index (χ4v) is 4.64. The van der Waals surface area contributed by atoms with Gasteiger partial charge >= 0.3 is 5.97 Å². The number of alkyl halides is 1. The van der Waals surface area contributed by atoms with Crippen LogP contribution in [0.5, 0.6) is 0 Å². The van der Waals surface area contributed by atoms with Gasteiger partial charge < -0.3 is 14.6 Å². The van der Waals surface area contributed by atoms with Crippen LogP contribution in [0.3, 0.4) is 0 Å². The number of rotatable bonds is 11. The molecule has 0 aromatic heterocycles. The van der Waals surface area contributed by atoms with Gasteiger partial charge in [0.2, 0.25) is 0 Å². The van der Waals surface area contributed by atoms with Crippen molar-refractivity contribution in [3.05, 3.63) is 12.2 Å². The molecule has 27 heavy (non-hydrogen) atoms. The number of unbranched alkanes of at least 4 members (excludes halogenated alkanes) is 3. The molecule has 0 aromatic rings. The van der Waals surface area contributed by atoms with E-state index < -0.39 is 12.3 Å². The summed E-state index contributed by atoms with van der Waals surface area (Å²) in [4.78, 5) is 11.2. The molecular weight excluding hydrogens is 347 g/mol. The van der Waals surface area contributed by atoms with Crippen molar-refractivity contribution in [1.29, 1.82) is 0 Å². The number of aliphatic hydroxyl groups excluding tert-OH is 1. The molecule has 1 N–H and O–H groups in total. The highest BCUT2D eigenvalue weighted by Crippen LogP contribution is 2.49. The first kappa shape index (κ1) is 22.4. The van der Waals surface area contributed by atoms with Gasteiger partial charge in [-0.15, -0.1) is 0 Å². The van der Waals surface area contributed by atoms with E-state index in [4.69, 9.17) is 4.74 Å². The predicted molar refractivity (Wildman–Crippen MR) is 104 cm³/mol. The Morgan fingerprint density at radius 2 is 2.11 bits per heavy atom. The molecule has 0 spiro atoms. The van der Waals surface area contributed by atoms with Crippen LogP contribution in [-0.4, -0.2) is 42.7 Å². The Morgan fingerprint density at radius 1 is 1.33 bits per heavy atom. The van der Waals surface area contributed by atoms with Crippen LogP contribution in [0.1, 0.15) is 71.6 Å². The lowest BCUT2D eigenvalue weighted by Crippen LogP contribution is -2.27. The SMILES string of the molecule is CCCCC[C@H](O)/C=C/[C@@H]1[C@H]2C(F)C(CCCCC(=O)OC)O[C@H]2C[C@H]1C. The third-order valence-corrected chi connectivity index (χ3v) is 6.21. The molecule has 0 radical (unpaired) electrons. The first-order chi connectivity index (χ1) is 13.0. The minimum Gasteiger partial charge on any atom is -0.469 e. The number of methoxy groups -OCH3 is 1. The van der Waals surface area contributed by atoms with Crippen LogP contribution < -0.4 is 0 Å². The highest BCUT2D eigenvalue weighted by atomic mass is 19.1. The molecule has 4 nitrogen and oxygen atoms in total. The molecule has 5 heteroatoms. The molecule has 0 aromatic carbocycles. The van der Waals surface area contributed by atoms with E-state index in [1.54, 1.807) is 0 Å². The summed E-state index contributed by atoms with van der Waals surface area (Å²) in [6.45, 7) is 4.30. The van der Waals surface area contributed by atoms with Crippen molar-refractivity contribution in [2.24, 2.45) is 17.8 Å². The summed E-state index contributed by atoms with van der Waals surface area (Å²) in [5.41, 5.74) is 0. The largest absolute Gasteiger partial charge is 0.469 e. The van der Waals surface area contributed by atoms with E-state index in [2.05, 4.69) is 18.6 Å². The Hall–Kier alpha value is -0.940. The van der Waals surface area contributed by atoms with Crippen molar-refractivity contribution < 1.29 is 23.8 Å². The summed E-state index contributed by atoms with van der Waals surface area (Å²) < 4.78 is 25.7. The van der Waals surface area contributed by atoms with Crippen LogP contribution in [0.15, 0.2) is 12.2 Å². The van der Waals surface area contributed by atoms with E-state index in [9.17, 15) is 9.90 Å². The van der Waals surface area contributed by atoms with Gasteiger partial charge in [0, 0.05) is 12.3 Å². The molecule has 1 aliphatic carbocycles. The smallest absolute Gasteiger partial charge is 0.305 e. The Kier molecular flexibility index (Phi) is 9.24. The highest BCUT2D eigenvalue weighted by molar-refractivity contribution is 5.68. The maximum Gasteiger partial charge on any atom is 0.305 e. The zero-order valence-corrected chi connectivity index (χ0v) is 17.1. The summed E-state index contributed by atoms with van der Waals surface area (Å²) in [5, 5.41) is 10.1. The number of aliphatic hydroxyl groups is 1. The lowest BCUT2D eigenvalue weighted by atomic mass is 9.85. The Balaban J connectivity index is 1.82. The van der Waals surface area contributed by atoms with Gasteiger partial charge in [0.1, 0.15) is 6.17 Å². The molecule has 2 fully saturated rings. The topological polar surface area (TPSA) is 55.8 Å². The maximum atomic E-state index is 15.1. The van der Waals surface area contributed by atoms with Gasteiger partial charge in [-0.2, -0.15) is 0 Å². The van der Waals surface area contributed by atoms with Crippen molar-refractivity contribution in [1.82, 2.24) is 0 Å². The average Bonchev–Trinajstić information content (AvgIpc) is 3.12. The molecule has 1 aliphatic heterocycles. The predicted octanol–water partition coefficient (Wildman–Crippen LogP) is 4.59. The van der Waals surface area contributed by atoms with Crippen LogP contribution in [-0.2, 0) is 14.3 Å². The van der Waals surface area contributed by atoms with Gasteiger partial charge in [-0.05, 0) is 37.5 Å². The van der Waals surface area contributed by atoms with Crippen LogP contribution in [0.4, 0.5) is 4.39 Å². The number of hydrogen-bond acceptors (Lipinski definition) is 4. The monoisotopic (exact) mass is 384 g/mol. The minimum absolute atomic E-state index is 0.0208. The molecule has 0 bridgehead atoms. The zero-order chi connectivity index (χ0) is 19.8. The van der Waals surface area contributed by atoms with E-state index in [1.165, 1.54) is 7.11 Å². The number of esters is 1. The van der Waals surface area contributed by atoms with Gasteiger partial charge in [-0.25, -0.2) is 4.39 Å². The molecule has 1 saturated carbocycles. The minimum atomic E-state index is -0.968. The van der Waals surface area contributed by atoms with E-state index in [1.807, 2.05) is 12.2 Å². The fourth-order valence-electron chi connectivity index (χ4n) is 4.64. The van der Waals surface area contributed by atoms with E-state index >= 15 is 4.39 Å². The lowest BCUT2D eigenvalue weighted by molar-refractivity contribution is -0.140. The second-order valence-corrected chi connectivity index (χ2v) is 8.30. The van der Waals surface area contributed by atoms with E-state index in [0.29, 0.717) is 25.2 Å². The van der Waals surface area contributed by atoms with Crippen LogP contribution in [0, 0.1) is 17.8 Å². The quantitative estimate of drug-likeness (QED) is 0.321. The number of fused-ring (bicyclic) bond motifs is 1. The first-order valence-corrected chi connectivity index (χ1v) is 10.7. The van der Waals surface area contributed by atoms with Gasteiger partial charge in [0.05, 0.1) is 25.4 Å². The normalized spacial score (nSPS) is 34.1. The van der Waals surface area contributed by atoms with E-state index in [0.717, 1.165) is 38.5 Å². The van der Waals surface area contributed by atoms with Crippen LogP contribution >= 0.6 is 0 Å². The third kappa shape index (κ3) is 6.28. The Labute approximate surface area is 163 Å². The summed E-state index contributed by atoms with van der Waals surface area (Å²) in [6, 6.07) is 0. The summed E-state index contributed by atoms with van der Waals surface area (Å²) in [7, 11) is 1.39. The summed E-state index contributed by atoms with van der Waals surface area (Å²) >= 11 is 0. The average molecular weight is 385 g/mol. The van der Waals surface area contributed by atoms with Gasteiger partial charge in [0.25, 0.3) is 0 Å². The van der Waals surface area contributed by atoms with Gasteiger partial charge in [-0.3, -0.25) is 4.79 Å². The maximum absolute atomic E-state index is 15.1. The van der Waals surface area contributed by atoms with E-state index in [-0.39, 0.29) is 30.0 Å². The number of carbonyl (C=O) groups excluding carboxylic acids is 1. The standard InChI is InChI=1S/C22H37FO4/c1-4-5-6-9-16(24)12-13-17-15(2)14-19-21(17)22(23)18(27-19)10-7-8-11-20(25)26-3/h12-13,15-19,21-22,24H,4-11,14H2,1-3H3/b13-12+/t15-,16+,17+,18?,19+,21-,22?/m1/s1. The Bertz CT molecular complexity index is 481. The molecule has 2 rings (SSSR count). The van der Waals surface area contributed by atoms with Crippen LogP contribution in [0.2, 0.25) is 0 Å². The van der Waals surface area contributed by atoms with Crippen molar-refractivity contribution in [2.75, 3.05) is 7.11 Å². The van der Waals surface area contributed by atoms with Gasteiger partial charge in [-0.1, -0.05) is 51.7 Å². The molecule has 0 amide bonds. The molecule has 2 aliphatic rings. The number of hydrogen-bond donors (Lipinski definition) is 1. The fraction of sp³-hybridized carbons (Fsp3) is 0.864. The van der Waals surface area contributed by atoms with Crippen molar-refractivity contribution in [3.63, 3.8) is 0 Å². The van der Waals surface area contributed by atoms with Crippen molar-refractivity contribution >= 4 is 5.97 Å². The lowest BCUT2D eigenvalue weighted by Gasteiger charge is -2.22. The second kappa shape index (κ2) is 11.2. The van der Waals surface area contributed by atoms with Gasteiger partial charge in [0.15, 0.2) is 0 Å². The number of ether oxygens (including phenoxy) is 2. The second-order valence-electron chi connectivity index (χ2n) is 8.30. The molecular formula is C22H37FO4. The van der Waals surface area contributed by atoms with Crippen LogP contribution in [0.25, 0.3) is 0 Å². The third-order valence-electron chi connectivity index (χ3n) is 6.21. The number of carbonyl (C=O) groups is 1. The molecule has 7 atom stereocenters. The van der Waals surface area contributed by atoms with Crippen molar-refractivity contribution in [3.8, 4) is 0 Å². The molecule has 1 heterocycles. The molecule has 2 unspecified atom stereocenters.